The van der Waals surface area contributed by atoms with Gasteiger partial charge < -0.3 is 10.6 Å². The number of aromatic nitrogens is 3. The molecule has 26 heavy (non-hydrogen) atoms. The quantitative estimate of drug-likeness (QED) is 0.777. The van der Waals surface area contributed by atoms with Crippen molar-refractivity contribution in [1.29, 1.82) is 0 Å². The Balaban J connectivity index is 1.38. The standard InChI is InChI=1S/C18H23N5O2S/c24-15(20-12-13-5-4-10-19-11-13)8-9-16(25)21-18-23-22-17(26-18)14-6-2-1-3-7-14/h4-5,10-11,14H,1-3,6-9,12H2,(H,20,24)(H,21,23,25). The topological polar surface area (TPSA) is 96.9 Å². The van der Waals surface area contributed by atoms with Gasteiger partial charge in [0.1, 0.15) is 5.01 Å². The molecule has 1 aliphatic rings. The molecule has 1 fully saturated rings. The van der Waals surface area contributed by atoms with E-state index in [0.717, 1.165) is 23.4 Å². The largest absolute Gasteiger partial charge is 0.352 e. The summed E-state index contributed by atoms with van der Waals surface area (Å²) in [5.74, 6) is 0.0992. The van der Waals surface area contributed by atoms with E-state index in [4.69, 9.17) is 0 Å². The molecule has 1 aliphatic carbocycles. The predicted molar refractivity (Wildman–Crippen MR) is 99.7 cm³/mol. The number of nitrogens with one attached hydrogen (secondary N) is 2. The lowest BCUT2D eigenvalue weighted by Crippen LogP contribution is -2.24. The number of carbonyl (C=O) groups excluding carboxylic acids is 2. The Morgan fingerprint density at radius 2 is 1.92 bits per heavy atom. The Bertz CT molecular complexity index is 728. The lowest BCUT2D eigenvalue weighted by molar-refractivity contribution is -0.124. The Hall–Kier alpha value is -2.35. The van der Waals surface area contributed by atoms with Gasteiger partial charge in [-0.2, -0.15) is 0 Å². The summed E-state index contributed by atoms with van der Waals surface area (Å²) in [7, 11) is 0. The third-order valence-electron chi connectivity index (χ3n) is 4.43. The van der Waals surface area contributed by atoms with Crippen molar-refractivity contribution < 1.29 is 9.59 Å². The maximum atomic E-state index is 12.0. The van der Waals surface area contributed by atoms with Crippen LogP contribution in [0.3, 0.4) is 0 Å². The number of amides is 2. The monoisotopic (exact) mass is 373 g/mol. The summed E-state index contributed by atoms with van der Waals surface area (Å²) < 4.78 is 0. The molecular formula is C18H23N5O2S. The van der Waals surface area contributed by atoms with Crippen molar-refractivity contribution in [3.8, 4) is 0 Å². The van der Waals surface area contributed by atoms with Crippen molar-refractivity contribution in [3.05, 3.63) is 35.1 Å². The van der Waals surface area contributed by atoms with E-state index in [1.165, 1.54) is 30.6 Å². The van der Waals surface area contributed by atoms with Gasteiger partial charge in [0.15, 0.2) is 0 Å². The van der Waals surface area contributed by atoms with Crippen LogP contribution in [0.4, 0.5) is 5.13 Å². The minimum atomic E-state index is -0.215. The summed E-state index contributed by atoms with van der Waals surface area (Å²) in [6.07, 6.45) is 9.72. The molecule has 0 saturated heterocycles. The fourth-order valence-corrected chi connectivity index (χ4v) is 3.93. The van der Waals surface area contributed by atoms with E-state index < -0.39 is 0 Å². The third kappa shape index (κ3) is 5.59. The van der Waals surface area contributed by atoms with Gasteiger partial charge in [0.05, 0.1) is 0 Å². The first-order valence-electron chi connectivity index (χ1n) is 8.99. The van der Waals surface area contributed by atoms with Gasteiger partial charge in [-0.1, -0.05) is 36.7 Å². The van der Waals surface area contributed by atoms with Crippen LogP contribution in [0.2, 0.25) is 0 Å². The second kappa shape index (κ2) is 9.38. The van der Waals surface area contributed by atoms with E-state index in [2.05, 4.69) is 25.8 Å². The SMILES string of the molecule is O=C(CCC(=O)Nc1nnc(C2CCCCC2)s1)NCc1cccnc1. The van der Waals surface area contributed by atoms with Crippen LogP contribution >= 0.6 is 11.3 Å². The normalized spacial score (nSPS) is 14.8. The first-order valence-corrected chi connectivity index (χ1v) is 9.81. The molecule has 0 aliphatic heterocycles. The lowest BCUT2D eigenvalue weighted by Gasteiger charge is -2.18. The minimum absolute atomic E-state index is 0.122. The van der Waals surface area contributed by atoms with Gasteiger partial charge in [0.25, 0.3) is 0 Å². The molecule has 2 N–H and O–H groups in total. The second-order valence-corrected chi connectivity index (χ2v) is 7.48. The molecule has 7 nitrogen and oxygen atoms in total. The Kier molecular flexibility index (Phi) is 6.65. The van der Waals surface area contributed by atoms with Crippen LogP contribution in [-0.2, 0) is 16.1 Å². The van der Waals surface area contributed by atoms with Crippen molar-refractivity contribution in [2.45, 2.75) is 57.4 Å². The summed E-state index contributed by atoms with van der Waals surface area (Å²) in [4.78, 5) is 27.9. The molecule has 2 aromatic rings. The van der Waals surface area contributed by atoms with Crippen LogP contribution in [0.1, 0.15) is 61.4 Å². The highest BCUT2D eigenvalue weighted by Gasteiger charge is 2.20. The fourth-order valence-electron chi connectivity index (χ4n) is 3.00. The zero-order chi connectivity index (χ0) is 18.2. The Morgan fingerprint density at radius 1 is 1.12 bits per heavy atom. The van der Waals surface area contributed by atoms with E-state index in [1.807, 2.05) is 12.1 Å². The summed E-state index contributed by atoms with van der Waals surface area (Å²) in [5, 5.41) is 15.3. The average molecular weight is 373 g/mol. The molecule has 0 bridgehead atoms. The lowest BCUT2D eigenvalue weighted by atomic mass is 9.90. The highest BCUT2D eigenvalue weighted by Crippen LogP contribution is 2.35. The third-order valence-corrected chi connectivity index (χ3v) is 5.43. The van der Waals surface area contributed by atoms with Crippen molar-refractivity contribution in [3.63, 3.8) is 0 Å². The fraction of sp³-hybridized carbons (Fsp3) is 0.500. The summed E-state index contributed by atoms with van der Waals surface area (Å²) in [6, 6.07) is 3.71. The van der Waals surface area contributed by atoms with Gasteiger partial charge in [0.2, 0.25) is 16.9 Å². The first-order chi connectivity index (χ1) is 12.7. The number of pyridine rings is 1. The predicted octanol–water partition coefficient (Wildman–Crippen LogP) is 3.02. The van der Waals surface area contributed by atoms with Crippen LogP contribution in [0, 0.1) is 0 Å². The van der Waals surface area contributed by atoms with Crippen molar-refractivity contribution >= 4 is 28.3 Å². The molecule has 0 atom stereocenters. The zero-order valence-corrected chi connectivity index (χ0v) is 15.4. The number of rotatable bonds is 7. The molecule has 138 valence electrons. The van der Waals surface area contributed by atoms with Crippen molar-refractivity contribution in [2.24, 2.45) is 0 Å². The van der Waals surface area contributed by atoms with Gasteiger partial charge >= 0.3 is 0 Å². The van der Waals surface area contributed by atoms with Crippen LogP contribution in [-0.4, -0.2) is 27.0 Å². The molecule has 2 amide bonds. The van der Waals surface area contributed by atoms with E-state index in [0.29, 0.717) is 17.6 Å². The maximum Gasteiger partial charge on any atom is 0.226 e. The maximum absolute atomic E-state index is 12.0. The number of hydrogen-bond acceptors (Lipinski definition) is 6. The van der Waals surface area contributed by atoms with Crippen LogP contribution in [0.15, 0.2) is 24.5 Å². The summed E-state index contributed by atoms with van der Waals surface area (Å²) >= 11 is 1.45. The van der Waals surface area contributed by atoms with E-state index >= 15 is 0 Å². The molecule has 1 saturated carbocycles. The Morgan fingerprint density at radius 3 is 2.69 bits per heavy atom. The molecule has 0 unspecified atom stereocenters. The van der Waals surface area contributed by atoms with Gasteiger partial charge in [-0.05, 0) is 24.5 Å². The Labute approximate surface area is 156 Å². The van der Waals surface area contributed by atoms with Crippen molar-refractivity contribution in [1.82, 2.24) is 20.5 Å². The van der Waals surface area contributed by atoms with Gasteiger partial charge in [0, 0.05) is 37.7 Å². The van der Waals surface area contributed by atoms with Gasteiger partial charge in [-0.25, -0.2) is 0 Å². The zero-order valence-electron chi connectivity index (χ0n) is 14.6. The van der Waals surface area contributed by atoms with Crippen molar-refractivity contribution in [2.75, 3.05) is 5.32 Å². The van der Waals surface area contributed by atoms with Gasteiger partial charge in [-0.3, -0.25) is 14.6 Å². The molecule has 0 aromatic carbocycles. The van der Waals surface area contributed by atoms with Gasteiger partial charge in [-0.15, -0.1) is 10.2 Å². The molecule has 2 aromatic heterocycles. The number of nitrogens with zero attached hydrogens (tertiary/aromatic N) is 3. The highest BCUT2D eigenvalue weighted by molar-refractivity contribution is 7.15. The summed E-state index contributed by atoms with van der Waals surface area (Å²) in [5.41, 5.74) is 0.925. The average Bonchev–Trinajstić information content (AvgIpc) is 3.15. The second-order valence-electron chi connectivity index (χ2n) is 6.47. The minimum Gasteiger partial charge on any atom is -0.352 e. The number of hydrogen-bond donors (Lipinski definition) is 2. The molecular weight excluding hydrogens is 350 g/mol. The van der Waals surface area contributed by atoms with Crippen LogP contribution < -0.4 is 10.6 Å². The molecule has 0 radical (unpaired) electrons. The summed E-state index contributed by atoms with van der Waals surface area (Å²) in [6.45, 7) is 0.412. The van der Waals surface area contributed by atoms with E-state index in [1.54, 1.807) is 12.4 Å². The van der Waals surface area contributed by atoms with E-state index in [-0.39, 0.29) is 24.7 Å². The molecule has 8 heteroatoms. The molecule has 2 heterocycles. The smallest absolute Gasteiger partial charge is 0.226 e. The van der Waals surface area contributed by atoms with E-state index in [9.17, 15) is 9.59 Å². The number of anilines is 1. The van der Waals surface area contributed by atoms with Crippen LogP contribution in [0.25, 0.3) is 0 Å². The van der Waals surface area contributed by atoms with Crippen LogP contribution in [0.5, 0.6) is 0 Å². The molecule has 3 rings (SSSR count). The number of carbonyl (C=O) groups is 2. The molecule has 0 spiro atoms. The highest BCUT2D eigenvalue weighted by atomic mass is 32.1. The first kappa shape index (κ1) is 18.4.